The summed E-state index contributed by atoms with van der Waals surface area (Å²) in [5.74, 6) is 0.465. The highest BCUT2D eigenvalue weighted by molar-refractivity contribution is 6.33. The fourth-order valence-electron chi connectivity index (χ4n) is 1.75. The molecule has 1 nitrogen and oxygen atoms in total. The Labute approximate surface area is 105 Å². The standard InChI is InChI=1S/C14H12ClFO/c1-9-6-13(15)12(8-14(9)17-2)10-4-3-5-11(16)7-10/h3-8H,1-2H3. The number of aryl methyl sites for hydroxylation is 1. The van der Waals surface area contributed by atoms with E-state index in [1.165, 1.54) is 12.1 Å². The monoisotopic (exact) mass is 250 g/mol. The lowest BCUT2D eigenvalue weighted by Gasteiger charge is -2.10. The minimum absolute atomic E-state index is 0.280. The van der Waals surface area contributed by atoms with E-state index >= 15 is 0 Å². The second-order valence-electron chi connectivity index (χ2n) is 3.81. The molecule has 0 saturated heterocycles. The van der Waals surface area contributed by atoms with Gasteiger partial charge in [0.05, 0.1) is 7.11 Å². The average Bonchev–Trinajstić information content (AvgIpc) is 2.29. The van der Waals surface area contributed by atoms with Gasteiger partial charge in [-0.2, -0.15) is 0 Å². The summed E-state index contributed by atoms with van der Waals surface area (Å²) in [6.45, 7) is 1.92. The van der Waals surface area contributed by atoms with Crippen LogP contribution in [0.3, 0.4) is 0 Å². The highest BCUT2D eigenvalue weighted by atomic mass is 35.5. The van der Waals surface area contributed by atoms with Crippen molar-refractivity contribution >= 4 is 11.6 Å². The third kappa shape index (κ3) is 2.42. The first kappa shape index (κ1) is 11.9. The zero-order chi connectivity index (χ0) is 12.4. The Hall–Kier alpha value is -1.54. The van der Waals surface area contributed by atoms with Gasteiger partial charge in [-0.25, -0.2) is 4.39 Å². The molecule has 0 fully saturated rings. The number of ether oxygens (including phenoxy) is 1. The van der Waals surface area contributed by atoms with E-state index in [-0.39, 0.29) is 5.82 Å². The molecule has 0 aliphatic carbocycles. The first-order valence-electron chi connectivity index (χ1n) is 5.22. The molecule has 0 spiro atoms. The van der Waals surface area contributed by atoms with E-state index in [4.69, 9.17) is 16.3 Å². The molecule has 0 aliphatic rings. The fourth-order valence-corrected chi connectivity index (χ4v) is 2.08. The van der Waals surface area contributed by atoms with Gasteiger partial charge in [0.1, 0.15) is 11.6 Å². The van der Waals surface area contributed by atoms with Gasteiger partial charge in [-0.15, -0.1) is 0 Å². The minimum atomic E-state index is -0.280. The van der Waals surface area contributed by atoms with Crippen molar-refractivity contribution in [3.63, 3.8) is 0 Å². The molecule has 2 aromatic carbocycles. The summed E-state index contributed by atoms with van der Waals surface area (Å²) in [5, 5.41) is 0.592. The Morgan fingerprint density at radius 2 is 1.94 bits per heavy atom. The third-order valence-electron chi connectivity index (χ3n) is 2.62. The number of methoxy groups -OCH3 is 1. The first-order chi connectivity index (χ1) is 8.11. The lowest BCUT2D eigenvalue weighted by atomic mass is 10.0. The third-order valence-corrected chi connectivity index (χ3v) is 2.93. The van der Waals surface area contributed by atoms with Crippen molar-refractivity contribution in [1.82, 2.24) is 0 Å². The van der Waals surface area contributed by atoms with Gasteiger partial charge >= 0.3 is 0 Å². The van der Waals surface area contributed by atoms with Crippen molar-refractivity contribution in [3.8, 4) is 16.9 Å². The van der Waals surface area contributed by atoms with Gasteiger partial charge in [0.25, 0.3) is 0 Å². The molecule has 0 atom stereocenters. The molecule has 3 heteroatoms. The first-order valence-corrected chi connectivity index (χ1v) is 5.59. The topological polar surface area (TPSA) is 9.23 Å². The van der Waals surface area contributed by atoms with Gasteiger partial charge in [0, 0.05) is 10.6 Å². The second kappa shape index (κ2) is 4.76. The molecule has 0 unspecified atom stereocenters. The van der Waals surface area contributed by atoms with Crippen molar-refractivity contribution in [2.24, 2.45) is 0 Å². The zero-order valence-electron chi connectivity index (χ0n) is 9.63. The Morgan fingerprint density at radius 1 is 1.18 bits per heavy atom. The van der Waals surface area contributed by atoms with Gasteiger partial charge in [0.15, 0.2) is 0 Å². The maximum atomic E-state index is 13.2. The van der Waals surface area contributed by atoms with E-state index in [9.17, 15) is 4.39 Å². The predicted molar refractivity (Wildman–Crippen MR) is 68.1 cm³/mol. The van der Waals surface area contributed by atoms with Crippen molar-refractivity contribution in [2.75, 3.05) is 7.11 Å². The number of hydrogen-bond donors (Lipinski definition) is 0. The fraction of sp³-hybridized carbons (Fsp3) is 0.143. The van der Waals surface area contributed by atoms with E-state index in [0.717, 1.165) is 22.4 Å². The van der Waals surface area contributed by atoms with Crippen molar-refractivity contribution in [3.05, 3.63) is 52.8 Å². The van der Waals surface area contributed by atoms with Crippen LogP contribution in [-0.4, -0.2) is 7.11 Å². The van der Waals surface area contributed by atoms with E-state index in [2.05, 4.69) is 0 Å². The number of halogens is 2. The van der Waals surface area contributed by atoms with Crippen LogP contribution >= 0.6 is 11.6 Å². The second-order valence-corrected chi connectivity index (χ2v) is 4.22. The lowest BCUT2D eigenvalue weighted by molar-refractivity contribution is 0.412. The normalized spacial score (nSPS) is 10.4. The maximum Gasteiger partial charge on any atom is 0.123 e. The molecule has 0 N–H and O–H groups in total. The van der Waals surface area contributed by atoms with E-state index < -0.39 is 0 Å². The SMILES string of the molecule is COc1cc(-c2cccc(F)c2)c(Cl)cc1C. The molecule has 0 saturated carbocycles. The van der Waals surface area contributed by atoms with Crippen LogP contribution in [0.4, 0.5) is 4.39 Å². The van der Waals surface area contributed by atoms with Crippen LogP contribution in [0.2, 0.25) is 5.02 Å². The van der Waals surface area contributed by atoms with Crippen molar-refractivity contribution < 1.29 is 9.13 Å². The number of benzene rings is 2. The zero-order valence-corrected chi connectivity index (χ0v) is 10.4. The molecule has 0 amide bonds. The van der Waals surface area contributed by atoms with Crippen LogP contribution < -0.4 is 4.74 Å². The van der Waals surface area contributed by atoms with E-state index in [0.29, 0.717) is 5.02 Å². The van der Waals surface area contributed by atoms with Crippen LogP contribution in [-0.2, 0) is 0 Å². The van der Waals surface area contributed by atoms with Gasteiger partial charge in [-0.1, -0.05) is 23.7 Å². The maximum absolute atomic E-state index is 13.2. The molecule has 0 aliphatic heterocycles. The Morgan fingerprint density at radius 3 is 2.59 bits per heavy atom. The molecule has 0 radical (unpaired) electrons. The largest absolute Gasteiger partial charge is 0.496 e. The van der Waals surface area contributed by atoms with Crippen LogP contribution in [0.5, 0.6) is 5.75 Å². The molecule has 2 rings (SSSR count). The van der Waals surface area contributed by atoms with Crippen LogP contribution in [0.1, 0.15) is 5.56 Å². The Kier molecular flexibility index (Phi) is 3.34. The molecule has 0 bridgehead atoms. The quantitative estimate of drug-likeness (QED) is 0.765. The predicted octanol–water partition coefficient (Wildman–Crippen LogP) is 4.46. The summed E-state index contributed by atoms with van der Waals surface area (Å²) in [7, 11) is 1.60. The number of hydrogen-bond acceptors (Lipinski definition) is 1. The average molecular weight is 251 g/mol. The highest BCUT2D eigenvalue weighted by Gasteiger charge is 2.08. The van der Waals surface area contributed by atoms with Crippen LogP contribution in [0.15, 0.2) is 36.4 Å². The summed E-state index contributed by atoms with van der Waals surface area (Å²) < 4.78 is 18.4. The van der Waals surface area contributed by atoms with Gasteiger partial charge in [0.2, 0.25) is 0 Å². The Bertz CT molecular complexity index is 552. The highest BCUT2D eigenvalue weighted by Crippen LogP contribution is 2.34. The number of rotatable bonds is 2. The van der Waals surface area contributed by atoms with E-state index in [1.54, 1.807) is 13.2 Å². The summed E-state index contributed by atoms with van der Waals surface area (Å²) in [6, 6.07) is 9.98. The van der Waals surface area contributed by atoms with Crippen LogP contribution in [0, 0.1) is 12.7 Å². The van der Waals surface area contributed by atoms with Gasteiger partial charge in [-0.05, 0) is 42.3 Å². The summed E-state index contributed by atoms with van der Waals surface area (Å²) >= 11 is 6.17. The molecule has 17 heavy (non-hydrogen) atoms. The molecule has 0 aromatic heterocycles. The molecule has 88 valence electrons. The smallest absolute Gasteiger partial charge is 0.123 e. The van der Waals surface area contributed by atoms with E-state index in [1.807, 2.05) is 25.1 Å². The summed E-state index contributed by atoms with van der Waals surface area (Å²) in [4.78, 5) is 0. The molecule has 2 aromatic rings. The Balaban J connectivity index is 2.59. The van der Waals surface area contributed by atoms with Gasteiger partial charge < -0.3 is 4.74 Å². The van der Waals surface area contributed by atoms with Crippen LogP contribution in [0.25, 0.3) is 11.1 Å². The lowest BCUT2D eigenvalue weighted by Crippen LogP contribution is -1.89. The molecule has 0 heterocycles. The summed E-state index contributed by atoms with van der Waals surface area (Å²) in [5.41, 5.74) is 2.47. The van der Waals surface area contributed by atoms with Gasteiger partial charge in [-0.3, -0.25) is 0 Å². The minimum Gasteiger partial charge on any atom is -0.496 e. The van der Waals surface area contributed by atoms with Crippen molar-refractivity contribution in [2.45, 2.75) is 6.92 Å². The van der Waals surface area contributed by atoms with Crippen molar-refractivity contribution in [1.29, 1.82) is 0 Å². The summed E-state index contributed by atoms with van der Waals surface area (Å²) in [6.07, 6.45) is 0. The molecular formula is C14H12ClFO. The molecular weight excluding hydrogens is 239 g/mol.